The summed E-state index contributed by atoms with van der Waals surface area (Å²) in [6.07, 6.45) is 15.2. The average Bonchev–Trinajstić information content (AvgIpc) is 2.97. The maximum Gasteiger partial charge on any atom is 0.146 e. The van der Waals surface area contributed by atoms with E-state index in [-0.39, 0.29) is 5.82 Å². The number of unbranched alkanes of at least 4 members (excludes halogenated alkanes) is 8. The first-order valence-corrected chi connectivity index (χ1v) is 15.1. The zero-order chi connectivity index (χ0) is 27.3. The van der Waals surface area contributed by atoms with Gasteiger partial charge >= 0.3 is 0 Å². The molecule has 4 aromatic carbocycles. The Kier molecular flexibility index (Phi) is 11.2. The van der Waals surface area contributed by atoms with Gasteiger partial charge in [-0.2, -0.15) is 0 Å². The molecule has 0 N–H and O–H groups in total. The zero-order valence-corrected chi connectivity index (χ0v) is 23.9. The summed E-state index contributed by atoms with van der Waals surface area (Å²) in [5.41, 5.74) is 6.38. The van der Waals surface area contributed by atoms with Gasteiger partial charge < -0.3 is 0 Å². The van der Waals surface area contributed by atoms with Crippen molar-refractivity contribution >= 4 is 10.8 Å². The lowest BCUT2D eigenvalue weighted by Gasteiger charge is -2.08. The highest BCUT2D eigenvalue weighted by molar-refractivity contribution is 5.89. The van der Waals surface area contributed by atoms with Gasteiger partial charge in [0, 0.05) is 10.9 Å². The fourth-order valence-electron chi connectivity index (χ4n) is 5.19. The van der Waals surface area contributed by atoms with Crippen LogP contribution in [0.1, 0.15) is 100 Å². The molecule has 0 spiro atoms. The molecule has 1 heteroatoms. The molecule has 0 saturated heterocycles. The standard InChI is InChI=1S/C38H43F/c1-3-5-7-9-11-13-30-15-17-32(18-16-30)21-24-34-25-26-36-29-35(27-28-37(36)38(34)39)33-22-19-31(20-23-33)14-12-10-8-6-4-2/h15-20,22-23,25-29H,3-14H2,1-2H3. The van der Waals surface area contributed by atoms with Crippen LogP contribution in [0.15, 0.2) is 78.9 Å². The number of aryl methyl sites for hydroxylation is 2. The summed E-state index contributed by atoms with van der Waals surface area (Å²) in [7, 11) is 0. The normalized spacial score (nSPS) is 10.9. The average molecular weight is 519 g/mol. The molecule has 0 aliphatic heterocycles. The number of hydrogen-bond donors (Lipinski definition) is 0. The molecular formula is C38H43F. The molecule has 0 amide bonds. The third-order valence-corrected chi connectivity index (χ3v) is 7.67. The summed E-state index contributed by atoms with van der Waals surface area (Å²) in [4.78, 5) is 0. The maximum absolute atomic E-state index is 15.3. The van der Waals surface area contributed by atoms with E-state index in [0.717, 1.165) is 29.4 Å². The van der Waals surface area contributed by atoms with E-state index in [9.17, 15) is 0 Å². The lowest BCUT2D eigenvalue weighted by Crippen LogP contribution is -1.89. The van der Waals surface area contributed by atoms with Crippen molar-refractivity contribution in [2.75, 3.05) is 0 Å². The SMILES string of the molecule is CCCCCCCc1ccc(C#Cc2ccc3cc(-c4ccc(CCCCCCC)cc4)ccc3c2F)cc1. The van der Waals surface area contributed by atoms with E-state index in [0.29, 0.717) is 10.9 Å². The smallest absolute Gasteiger partial charge is 0.146 e. The second kappa shape index (κ2) is 15.3. The number of hydrogen-bond acceptors (Lipinski definition) is 0. The predicted molar refractivity (Wildman–Crippen MR) is 167 cm³/mol. The van der Waals surface area contributed by atoms with Crippen LogP contribution in [0.5, 0.6) is 0 Å². The van der Waals surface area contributed by atoms with E-state index < -0.39 is 0 Å². The van der Waals surface area contributed by atoms with Crippen molar-refractivity contribution in [3.8, 4) is 23.0 Å². The molecule has 4 rings (SSSR count). The summed E-state index contributed by atoms with van der Waals surface area (Å²) in [6, 6.07) is 27.0. The minimum atomic E-state index is -0.242. The molecule has 0 unspecified atom stereocenters. The highest BCUT2D eigenvalue weighted by atomic mass is 19.1. The van der Waals surface area contributed by atoms with Crippen LogP contribution in [0.3, 0.4) is 0 Å². The van der Waals surface area contributed by atoms with E-state index in [1.165, 1.54) is 80.9 Å². The summed E-state index contributed by atoms with van der Waals surface area (Å²) in [5.74, 6) is 5.98. The van der Waals surface area contributed by atoms with Crippen LogP contribution in [-0.2, 0) is 12.8 Å². The predicted octanol–water partition coefficient (Wildman–Crippen LogP) is 11.1. The van der Waals surface area contributed by atoms with Crippen LogP contribution < -0.4 is 0 Å². The lowest BCUT2D eigenvalue weighted by molar-refractivity contribution is 0.632. The summed E-state index contributed by atoms with van der Waals surface area (Å²) in [5, 5.41) is 1.52. The van der Waals surface area contributed by atoms with Crippen LogP contribution in [0, 0.1) is 17.7 Å². The van der Waals surface area contributed by atoms with Gasteiger partial charge in [0.05, 0.1) is 5.56 Å². The van der Waals surface area contributed by atoms with Crippen molar-refractivity contribution < 1.29 is 4.39 Å². The largest absolute Gasteiger partial charge is 0.205 e. The number of rotatable bonds is 13. The Bertz CT molecular complexity index is 1370. The van der Waals surface area contributed by atoms with Crippen molar-refractivity contribution in [2.45, 2.75) is 90.9 Å². The van der Waals surface area contributed by atoms with Gasteiger partial charge in [0.1, 0.15) is 5.82 Å². The number of halogens is 1. The van der Waals surface area contributed by atoms with Gasteiger partial charge in [0.25, 0.3) is 0 Å². The Morgan fingerprint density at radius 1 is 0.538 bits per heavy atom. The third-order valence-electron chi connectivity index (χ3n) is 7.67. The summed E-state index contributed by atoms with van der Waals surface area (Å²) in [6.45, 7) is 4.50. The second-order valence-electron chi connectivity index (χ2n) is 10.8. The first kappa shape index (κ1) is 28.6. The second-order valence-corrected chi connectivity index (χ2v) is 10.8. The Morgan fingerprint density at radius 3 is 1.72 bits per heavy atom. The van der Waals surface area contributed by atoms with Crippen LogP contribution in [0.25, 0.3) is 21.9 Å². The first-order chi connectivity index (χ1) is 19.2. The molecule has 0 bridgehead atoms. The topological polar surface area (TPSA) is 0 Å². The van der Waals surface area contributed by atoms with Crippen LogP contribution >= 0.6 is 0 Å². The number of fused-ring (bicyclic) bond motifs is 1. The molecule has 0 heterocycles. The fourth-order valence-corrected chi connectivity index (χ4v) is 5.19. The molecule has 0 aliphatic rings. The van der Waals surface area contributed by atoms with Crippen LogP contribution in [0.2, 0.25) is 0 Å². The van der Waals surface area contributed by atoms with Gasteiger partial charge in [-0.3, -0.25) is 0 Å². The van der Waals surface area contributed by atoms with E-state index in [1.54, 1.807) is 6.07 Å². The van der Waals surface area contributed by atoms with E-state index >= 15 is 4.39 Å². The van der Waals surface area contributed by atoms with Crippen LogP contribution in [0.4, 0.5) is 4.39 Å². The number of benzene rings is 4. The quantitative estimate of drug-likeness (QED) is 0.122. The Morgan fingerprint density at radius 2 is 1.10 bits per heavy atom. The fraction of sp³-hybridized carbons (Fsp3) is 0.368. The lowest BCUT2D eigenvalue weighted by atomic mass is 9.97. The minimum absolute atomic E-state index is 0.242. The van der Waals surface area contributed by atoms with Gasteiger partial charge in [-0.1, -0.05) is 132 Å². The highest BCUT2D eigenvalue weighted by Crippen LogP contribution is 2.28. The van der Waals surface area contributed by atoms with Crippen LogP contribution in [-0.4, -0.2) is 0 Å². The van der Waals surface area contributed by atoms with E-state index in [1.807, 2.05) is 18.2 Å². The molecule has 0 aliphatic carbocycles. The van der Waals surface area contributed by atoms with Gasteiger partial charge in [-0.15, -0.1) is 0 Å². The van der Waals surface area contributed by atoms with E-state index in [2.05, 4.69) is 80.3 Å². The minimum Gasteiger partial charge on any atom is -0.205 e. The molecule has 0 fully saturated rings. The van der Waals surface area contributed by atoms with Crippen molar-refractivity contribution in [2.24, 2.45) is 0 Å². The van der Waals surface area contributed by atoms with Gasteiger partial charge in [-0.25, -0.2) is 4.39 Å². The summed E-state index contributed by atoms with van der Waals surface area (Å²) < 4.78 is 15.3. The molecule has 4 aromatic rings. The van der Waals surface area contributed by atoms with Crippen molar-refractivity contribution in [1.29, 1.82) is 0 Å². The van der Waals surface area contributed by atoms with Crippen molar-refractivity contribution in [1.82, 2.24) is 0 Å². The monoisotopic (exact) mass is 518 g/mol. The Hall–Kier alpha value is -3.37. The molecule has 39 heavy (non-hydrogen) atoms. The van der Waals surface area contributed by atoms with Crippen molar-refractivity contribution in [3.63, 3.8) is 0 Å². The Labute approximate surface area is 235 Å². The molecule has 0 aromatic heterocycles. The summed E-state index contributed by atoms with van der Waals surface area (Å²) >= 11 is 0. The van der Waals surface area contributed by atoms with Gasteiger partial charge in [0.2, 0.25) is 0 Å². The Balaban J connectivity index is 1.39. The molecule has 0 nitrogen and oxygen atoms in total. The molecule has 0 atom stereocenters. The molecular weight excluding hydrogens is 475 g/mol. The third kappa shape index (κ3) is 8.56. The van der Waals surface area contributed by atoms with Gasteiger partial charge in [0.15, 0.2) is 0 Å². The van der Waals surface area contributed by atoms with E-state index in [4.69, 9.17) is 0 Å². The molecule has 0 radical (unpaired) electrons. The first-order valence-electron chi connectivity index (χ1n) is 15.1. The zero-order valence-electron chi connectivity index (χ0n) is 23.9. The van der Waals surface area contributed by atoms with Crippen molar-refractivity contribution in [3.05, 3.63) is 107 Å². The van der Waals surface area contributed by atoms with Gasteiger partial charge in [-0.05, 0) is 77.6 Å². The molecule has 0 saturated carbocycles. The molecule has 202 valence electrons. The maximum atomic E-state index is 15.3. The highest BCUT2D eigenvalue weighted by Gasteiger charge is 2.08.